The molecule has 1 fully saturated rings. The molecule has 2 rings (SSSR count). The summed E-state index contributed by atoms with van der Waals surface area (Å²) in [4.78, 5) is 0. The number of aryl methyl sites for hydroxylation is 2. The van der Waals surface area contributed by atoms with Crippen LogP contribution in [0.2, 0.25) is 0 Å². The highest BCUT2D eigenvalue weighted by Gasteiger charge is 2.20. The summed E-state index contributed by atoms with van der Waals surface area (Å²) in [6.45, 7) is 12.4. The zero-order chi connectivity index (χ0) is 12.6. The van der Waals surface area contributed by atoms with Gasteiger partial charge in [0, 0.05) is 0 Å². The first-order valence-electron chi connectivity index (χ1n) is 6.84. The molecule has 0 heteroatoms. The topological polar surface area (TPSA) is 0 Å². The van der Waals surface area contributed by atoms with Crippen LogP contribution in [0.15, 0.2) is 18.2 Å². The Bertz CT molecular complexity index is 282. The molecule has 1 aromatic carbocycles. The summed E-state index contributed by atoms with van der Waals surface area (Å²) in [6.07, 6.45) is 4.24. The third-order valence-corrected chi connectivity index (χ3v) is 2.98. The molecule has 0 N–H and O–H groups in total. The molecule has 0 spiro atoms. The third-order valence-electron chi connectivity index (χ3n) is 2.98. The van der Waals surface area contributed by atoms with Crippen LogP contribution in [-0.4, -0.2) is 0 Å². The molecule has 0 bridgehead atoms. The van der Waals surface area contributed by atoms with Gasteiger partial charge in [0.25, 0.3) is 0 Å². The van der Waals surface area contributed by atoms with Crippen molar-refractivity contribution in [2.45, 2.75) is 66.7 Å². The second-order valence-corrected chi connectivity index (χ2v) is 3.99. The van der Waals surface area contributed by atoms with Gasteiger partial charge in [0.1, 0.15) is 0 Å². The first-order chi connectivity index (χ1) is 7.77. The first kappa shape index (κ1) is 15.2. The van der Waals surface area contributed by atoms with Gasteiger partial charge >= 0.3 is 0 Å². The number of hydrogen-bond acceptors (Lipinski definition) is 0. The zero-order valence-electron chi connectivity index (χ0n) is 11.9. The third kappa shape index (κ3) is 4.00. The minimum absolute atomic E-state index is 0.880. The van der Waals surface area contributed by atoms with Gasteiger partial charge in [-0.3, -0.25) is 0 Å². The average molecular weight is 220 g/mol. The number of rotatable bonds is 1. The van der Waals surface area contributed by atoms with Crippen molar-refractivity contribution in [3.63, 3.8) is 0 Å². The van der Waals surface area contributed by atoms with Crippen LogP contribution < -0.4 is 0 Å². The molecule has 0 saturated heterocycles. The maximum Gasteiger partial charge on any atom is -0.0159 e. The van der Waals surface area contributed by atoms with Gasteiger partial charge in [0.2, 0.25) is 0 Å². The molecule has 1 aliphatic rings. The molecular weight excluding hydrogens is 192 g/mol. The highest BCUT2D eigenvalue weighted by atomic mass is 14.3. The van der Waals surface area contributed by atoms with E-state index in [1.807, 2.05) is 27.7 Å². The Kier molecular flexibility index (Phi) is 7.97. The van der Waals surface area contributed by atoms with Crippen molar-refractivity contribution in [1.82, 2.24) is 0 Å². The first-order valence-corrected chi connectivity index (χ1v) is 6.84. The van der Waals surface area contributed by atoms with E-state index in [1.54, 1.807) is 5.56 Å². The monoisotopic (exact) mass is 220 g/mol. The van der Waals surface area contributed by atoms with E-state index in [4.69, 9.17) is 0 Å². The van der Waals surface area contributed by atoms with Gasteiger partial charge in [0.15, 0.2) is 0 Å². The molecule has 0 amide bonds. The predicted octanol–water partition coefficient (Wildman–Crippen LogP) is 5.62. The van der Waals surface area contributed by atoms with Gasteiger partial charge in [-0.25, -0.2) is 0 Å². The standard InChI is InChI=1S/C12H16.2C2H6/c1-9-6-7-10(2)12(8-9)11-4-3-5-11;2*1-2/h6-8,11H,3-5H2,1-2H3;2*1-2H3. The van der Waals surface area contributed by atoms with Crippen LogP contribution in [0, 0.1) is 13.8 Å². The van der Waals surface area contributed by atoms with Crippen LogP contribution >= 0.6 is 0 Å². The molecule has 0 aliphatic heterocycles. The zero-order valence-corrected chi connectivity index (χ0v) is 11.9. The van der Waals surface area contributed by atoms with Gasteiger partial charge in [0.05, 0.1) is 0 Å². The average Bonchev–Trinajstić information content (AvgIpc) is 2.27. The summed E-state index contributed by atoms with van der Waals surface area (Å²) in [6, 6.07) is 6.82. The van der Waals surface area contributed by atoms with Gasteiger partial charge in [-0.15, -0.1) is 0 Å². The highest BCUT2D eigenvalue weighted by Crippen LogP contribution is 2.37. The van der Waals surface area contributed by atoms with E-state index in [0.717, 1.165) is 5.92 Å². The molecule has 0 atom stereocenters. The van der Waals surface area contributed by atoms with E-state index in [-0.39, 0.29) is 0 Å². The summed E-state index contributed by atoms with van der Waals surface area (Å²) in [5.74, 6) is 0.880. The molecule has 16 heavy (non-hydrogen) atoms. The van der Waals surface area contributed by atoms with Gasteiger partial charge in [-0.2, -0.15) is 0 Å². The Balaban J connectivity index is 0.000000509. The van der Waals surface area contributed by atoms with Crippen LogP contribution in [0.1, 0.15) is 69.6 Å². The molecule has 1 aliphatic carbocycles. The quantitative estimate of drug-likeness (QED) is 0.576. The van der Waals surface area contributed by atoms with Crippen molar-refractivity contribution in [3.05, 3.63) is 34.9 Å². The largest absolute Gasteiger partial charge is 0.0683 e. The lowest BCUT2D eigenvalue weighted by Crippen LogP contribution is -2.10. The normalized spacial score (nSPS) is 13.9. The van der Waals surface area contributed by atoms with Crippen molar-refractivity contribution in [2.75, 3.05) is 0 Å². The van der Waals surface area contributed by atoms with Crippen LogP contribution in [0.25, 0.3) is 0 Å². The Morgan fingerprint density at radius 1 is 0.938 bits per heavy atom. The van der Waals surface area contributed by atoms with E-state index in [1.165, 1.54) is 30.4 Å². The fourth-order valence-corrected chi connectivity index (χ4v) is 1.92. The van der Waals surface area contributed by atoms with Gasteiger partial charge in [-0.05, 0) is 43.7 Å². The van der Waals surface area contributed by atoms with E-state index < -0.39 is 0 Å². The predicted molar refractivity (Wildman–Crippen MR) is 75.2 cm³/mol. The lowest BCUT2D eigenvalue weighted by molar-refractivity contribution is 0.418. The lowest BCUT2D eigenvalue weighted by Gasteiger charge is -2.27. The number of benzene rings is 1. The molecule has 0 heterocycles. The second kappa shape index (κ2) is 8.38. The fraction of sp³-hybridized carbons (Fsp3) is 0.625. The molecule has 0 radical (unpaired) electrons. The van der Waals surface area contributed by atoms with E-state index in [0.29, 0.717) is 0 Å². The summed E-state index contributed by atoms with van der Waals surface area (Å²) >= 11 is 0. The van der Waals surface area contributed by atoms with Crippen LogP contribution in [0.3, 0.4) is 0 Å². The minimum atomic E-state index is 0.880. The summed E-state index contributed by atoms with van der Waals surface area (Å²) in [7, 11) is 0. The summed E-state index contributed by atoms with van der Waals surface area (Å²) in [5.41, 5.74) is 4.48. The lowest BCUT2D eigenvalue weighted by atomic mass is 9.78. The van der Waals surface area contributed by atoms with Gasteiger partial charge < -0.3 is 0 Å². The SMILES string of the molecule is CC.CC.Cc1ccc(C)c(C2CCC2)c1. The maximum absolute atomic E-state index is 2.36. The highest BCUT2D eigenvalue weighted by molar-refractivity contribution is 5.34. The molecular formula is C16H28. The molecule has 0 unspecified atom stereocenters. The molecule has 1 saturated carbocycles. The number of hydrogen-bond donors (Lipinski definition) is 0. The van der Waals surface area contributed by atoms with Crippen molar-refractivity contribution < 1.29 is 0 Å². The van der Waals surface area contributed by atoms with E-state index in [2.05, 4.69) is 32.0 Å². The Morgan fingerprint density at radius 3 is 1.94 bits per heavy atom. The Hall–Kier alpha value is -0.780. The van der Waals surface area contributed by atoms with E-state index in [9.17, 15) is 0 Å². The second-order valence-electron chi connectivity index (χ2n) is 3.99. The fourth-order valence-electron chi connectivity index (χ4n) is 1.92. The van der Waals surface area contributed by atoms with Crippen molar-refractivity contribution in [1.29, 1.82) is 0 Å². The molecule has 0 nitrogen and oxygen atoms in total. The Labute approximate surface area is 102 Å². The Morgan fingerprint density at radius 2 is 1.50 bits per heavy atom. The maximum atomic E-state index is 2.36. The van der Waals surface area contributed by atoms with Crippen molar-refractivity contribution in [2.24, 2.45) is 0 Å². The van der Waals surface area contributed by atoms with Crippen molar-refractivity contribution in [3.8, 4) is 0 Å². The van der Waals surface area contributed by atoms with Crippen LogP contribution in [0.5, 0.6) is 0 Å². The van der Waals surface area contributed by atoms with E-state index >= 15 is 0 Å². The van der Waals surface area contributed by atoms with Crippen LogP contribution in [0.4, 0.5) is 0 Å². The molecule has 92 valence electrons. The molecule has 0 aromatic heterocycles. The van der Waals surface area contributed by atoms with Gasteiger partial charge in [-0.1, -0.05) is 57.9 Å². The van der Waals surface area contributed by atoms with Crippen LogP contribution in [-0.2, 0) is 0 Å². The summed E-state index contributed by atoms with van der Waals surface area (Å²) in [5, 5.41) is 0. The van der Waals surface area contributed by atoms with Crippen molar-refractivity contribution >= 4 is 0 Å². The smallest absolute Gasteiger partial charge is 0.0159 e. The minimum Gasteiger partial charge on any atom is -0.0683 e. The molecule has 1 aromatic rings. The summed E-state index contributed by atoms with van der Waals surface area (Å²) < 4.78 is 0.